The van der Waals surface area contributed by atoms with Gasteiger partial charge in [-0.05, 0) is 109 Å². The first kappa shape index (κ1) is 21.7. The van der Waals surface area contributed by atoms with E-state index in [1.54, 1.807) is 5.57 Å². The van der Waals surface area contributed by atoms with Crippen molar-refractivity contribution in [3.63, 3.8) is 0 Å². The van der Waals surface area contributed by atoms with Gasteiger partial charge in [-0.25, -0.2) is 0 Å². The maximum Gasteiger partial charge on any atom is -0.00445 e. The van der Waals surface area contributed by atoms with Crippen molar-refractivity contribution >= 4 is 0 Å². The molecule has 0 N–H and O–H groups in total. The van der Waals surface area contributed by atoms with Crippen LogP contribution in [0.25, 0.3) is 0 Å². The summed E-state index contributed by atoms with van der Waals surface area (Å²) in [7, 11) is 0. The highest BCUT2D eigenvalue weighted by Crippen LogP contribution is 2.66. The average molecular weight is 397 g/mol. The highest BCUT2D eigenvalue weighted by atomic mass is 14.6. The summed E-state index contributed by atoms with van der Waals surface area (Å²) in [6, 6.07) is 0. The standard InChI is InChI=1S/C29H48/c1-7-22(20(2)3)12-11-21(4)25-15-16-26-24-14-13-23-10-8-9-18-28(23,5)27(24)17-19-29(25,26)6/h8,10,13,20-22,24-27H,7,9,11-12,14-19H2,1-6H3/t21-,22?,24?,25-,26?,27?,28+,29-/m1/s1. The fourth-order valence-corrected chi connectivity index (χ4v) is 8.96. The van der Waals surface area contributed by atoms with Gasteiger partial charge in [-0.2, -0.15) is 0 Å². The molecule has 0 spiro atoms. The molecule has 4 aliphatic rings. The second-order valence-corrected chi connectivity index (χ2v) is 12.3. The Labute approximate surface area is 182 Å². The molecule has 164 valence electrons. The van der Waals surface area contributed by atoms with Crippen molar-refractivity contribution in [2.24, 2.45) is 52.3 Å². The molecule has 4 rings (SSSR count). The molecule has 29 heavy (non-hydrogen) atoms. The number of fused-ring (bicyclic) bond motifs is 5. The lowest BCUT2D eigenvalue weighted by Gasteiger charge is -2.57. The van der Waals surface area contributed by atoms with Gasteiger partial charge in [-0.15, -0.1) is 0 Å². The Hall–Kier alpha value is -0.520. The van der Waals surface area contributed by atoms with Crippen LogP contribution in [0.15, 0.2) is 23.8 Å². The molecule has 4 unspecified atom stereocenters. The van der Waals surface area contributed by atoms with Gasteiger partial charge in [0.15, 0.2) is 0 Å². The summed E-state index contributed by atoms with van der Waals surface area (Å²) in [5, 5.41) is 0. The molecule has 2 fully saturated rings. The minimum absolute atomic E-state index is 0.480. The van der Waals surface area contributed by atoms with E-state index in [9.17, 15) is 0 Å². The van der Waals surface area contributed by atoms with Gasteiger partial charge in [0.1, 0.15) is 0 Å². The van der Waals surface area contributed by atoms with Gasteiger partial charge in [0.25, 0.3) is 0 Å². The minimum Gasteiger partial charge on any atom is -0.0842 e. The second-order valence-electron chi connectivity index (χ2n) is 12.3. The molecular formula is C29H48. The lowest BCUT2D eigenvalue weighted by Crippen LogP contribution is -2.49. The van der Waals surface area contributed by atoms with Crippen molar-refractivity contribution in [2.75, 3.05) is 0 Å². The third-order valence-corrected chi connectivity index (χ3v) is 10.9. The molecular weight excluding hydrogens is 348 g/mol. The topological polar surface area (TPSA) is 0 Å². The van der Waals surface area contributed by atoms with E-state index in [2.05, 4.69) is 59.8 Å². The maximum atomic E-state index is 2.73. The highest BCUT2D eigenvalue weighted by molar-refractivity contribution is 5.34. The molecule has 0 bridgehead atoms. The van der Waals surface area contributed by atoms with Gasteiger partial charge in [-0.1, -0.05) is 72.6 Å². The van der Waals surface area contributed by atoms with Crippen molar-refractivity contribution in [3.05, 3.63) is 23.8 Å². The highest BCUT2D eigenvalue weighted by Gasteiger charge is 2.58. The summed E-state index contributed by atoms with van der Waals surface area (Å²) in [4.78, 5) is 0. The van der Waals surface area contributed by atoms with Crippen LogP contribution < -0.4 is 0 Å². The van der Waals surface area contributed by atoms with E-state index in [-0.39, 0.29) is 0 Å². The first-order valence-corrected chi connectivity index (χ1v) is 13.2. The molecule has 0 aromatic carbocycles. The third kappa shape index (κ3) is 3.59. The van der Waals surface area contributed by atoms with E-state index in [4.69, 9.17) is 0 Å². The first-order valence-electron chi connectivity index (χ1n) is 13.2. The summed E-state index contributed by atoms with van der Waals surface area (Å²) in [6.45, 7) is 15.2. The van der Waals surface area contributed by atoms with Crippen molar-refractivity contribution in [1.29, 1.82) is 0 Å². The van der Waals surface area contributed by atoms with Crippen LogP contribution in [0.1, 0.15) is 106 Å². The zero-order chi connectivity index (χ0) is 20.8. The molecule has 8 atom stereocenters. The fraction of sp³-hybridized carbons (Fsp3) is 0.862. The lowest BCUT2D eigenvalue weighted by atomic mass is 9.47. The molecule has 0 heteroatoms. The summed E-state index contributed by atoms with van der Waals surface area (Å²) in [6.07, 6.45) is 21.9. The van der Waals surface area contributed by atoms with E-state index in [1.165, 1.54) is 64.2 Å². The Balaban J connectivity index is 1.48. The Morgan fingerprint density at radius 3 is 2.52 bits per heavy atom. The summed E-state index contributed by atoms with van der Waals surface area (Å²) in [5.41, 5.74) is 2.79. The van der Waals surface area contributed by atoms with Crippen LogP contribution in [-0.2, 0) is 0 Å². The largest absolute Gasteiger partial charge is 0.0842 e. The van der Waals surface area contributed by atoms with Crippen LogP contribution >= 0.6 is 0 Å². The molecule has 0 nitrogen and oxygen atoms in total. The Bertz CT molecular complexity index is 638. The summed E-state index contributed by atoms with van der Waals surface area (Å²) < 4.78 is 0. The van der Waals surface area contributed by atoms with Gasteiger partial charge in [0.05, 0.1) is 0 Å². The van der Waals surface area contributed by atoms with Gasteiger partial charge in [0.2, 0.25) is 0 Å². The van der Waals surface area contributed by atoms with E-state index >= 15 is 0 Å². The molecule has 0 radical (unpaired) electrons. The molecule has 0 aliphatic heterocycles. The zero-order valence-corrected chi connectivity index (χ0v) is 20.3. The summed E-state index contributed by atoms with van der Waals surface area (Å²) >= 11 is 0. The maximum absolute atomic E-state index is 2.73. The number of allylic oxidation sites excluding steroid dienone is 4. The van der Waals surface area contributed by atoms with Gasteiger partial charge < -0.3 is 0 Å². The van der Waals surface area contributed by atoms with E-state index < -0.39 is 0 Å². The predicted octanol–water partition coefficient (Wildman–Crippen LogP) is 8.83. The average Bonchev–Trinajstić information content (AvgIpc) is 3.05. The first-order chi connectivity index (χ1) is 13.8. The number of rotatable bonds is 6. The van der Waals surface area contributed by atoms with E-state index in [1.807, 2.05) is 0 Å². The monoisotopic (exact) mass is 396 g/mol. The summed E-state index contributed by atoms with van der Waals surface area (Å²) in [5.74, 6) is 6.57. The van der Waals surface area contributed by atoms with E-state index in [0.29, 0.717) is 10.8 Å². The molecule has 0 saturated heterocycles. The van der Waals surface area contributed by atoms with Crippen LogP contribution in [0, 0.1) is 52.3 Å². The van der Waals surface area contributed by atoms with Gasteiger partial charge in [0, 0.05) is 0 Å². The number of hydrogen-bond acceptors (Lipinski definition) is 0. The zero-order valence-electron chi connectivity index (χ0n) is 20.3. The minimum atomic E-state index is 0.480. The predicted molar refractivity (Wildman–Crippen MR) is 127 cm³/mol. The normalized spacial score (nSPS) is 43.3. The van der Waals surface area contributed by atoms with E-state index in [0.717, 1.165) is 41.4 Å². The van der Waals surface area contributed by atoms with Crippen LogP contribution in [-0.4, -0.2) is 0 Å². The van der Waals surface area contributed by atoms with Crippen molar-refractivity contribution in [2.45, 2.75) is 106 Å². The molecule has 0 aromatic rings. The third-order valence-electron chi connectivity index (χ3n) is 10.9. The molecule has 4 aliphatic carbocycles. The van der Waals surface area contributed by atoms with Crippen molar-refractivity contribution < 1.29 is 0 Å². The molecule has 0 amide bonds. The van der Waals surface area contributed by atoms with Gasteiger partial charge in [-0.3, -0.25) is 0 Å². The molecule has 0 aromatic heterocycles. The smallest absolute Gasteiger partial charge is 0.00445 e. The lowest BCUT2D eigenvalue weighted by molar-refractivity contribution is -0.0454. The Kier molecular flexibility index (Phi) is 6.14. The van der Waals surface area contributed by atoms with Crippen molar-refractivity contribution in [3.8, 4) is 0 Å². The molecule has 2 saturated carbocycles. The Morgan fingerprint density at radius 1 is 1.00 bits per heavy atom. The van der Waals surface area contributed by atoms with Crippen LogP contribution in [0.2, 0.25) is 0 Å². The van der Waals surface area contributed by atoms with Crippen LogP contribution in [0.4, 0.5) is 0 Å². The molecule has 0 heterocycles. The SMILES string of the molecule is CCC(CC[C@@H](C)[C@H]1CCC2C3CC=C4C=CCC[C@]4(C)C3CC[C@@]21C)C(C)C. The Morgan fingerprint density at radius 2 is 1.79 bits per heavy atom. The quantitative estimate of drug-likeness (QED) is 0.420. The van der Waals surface area contributed by atoms with Gasteiger partial charge >= 0.3 is 0 Å². The second kappa shape index (κ2) is 8.20. The van der Waals surface area contributed by atoms with Crippen molar-refractivity contribution in [1.82, 2.24) is 0 Å². The van der Waals surface area contributed by atoms with Crippen LogP contribution in [0.3, 0.4) is 0 Å². The van der Waals surface area contributed by atoms with Crippen LogP contribution in [0.5, 0.6) is 0 Å². The number of hydrogen-bond donors (Lipinski definition) is 0. The fourth-order valence-electron chi connectivity index (χ4n) is 8.96.